The summed E-state index contributed by atoms with van der Waals surface area (Å²) < 4.78 is 13.2. The highest BCUT2D eigenvalue weighted by Gasteiger charge is 2.39. The smallest absolute Gasteiger partial charge is 0.123 e. The molecule has 0 amide bonds. The lowest BCUT2D eigenvalue weighted by molar-refractivity contribution is 0.116. The SMILES string of the molecule is Cc1cc(F)ccc1C1C(N)CCN1C(C)(C)C. The maximum absolute atomic E-state index is 13.2. The standard InChI is InChI=1S/C15H23FN2/c1-10-9-11(16)5-6-12(10)14-13(17)7-8-18(14)15(2,3)4/h5-6,9,13-14H,7-8,17H2,1-4H3. The Bertz CT molecular complexity index is 437. The van der Waals surface area contributed by atoms with E-state index in [1.807, 2.05) is 13.0 Å². The van der Waals surface area contributed by atoms with Crippen LogP contribution in [-0.4, -0.2) is 23.0 Å². The predicted octanol–water partition coefficient (Wildman–Crippen LogP) is 3.01. The van der Waals surface area contributed by atoms with Gasteiger partial charge in [-0.05, 0) is 57.4 Å². The van der Waals surface area contributed by atoms with Crippen molar-refractivity contribution in [3.8, 4) is 0 Å². The van der Waals surface area contributed by atoms with E-state index in [-0.39, 0.29) is 23.4 Å². The second kappa shape index (κ2) is 4.63. The molecule has 1 aliphatic rings. The Hall–Kier alpha value is -0.930. The number of benzene rings is 1. The van der Waals surface area contributed by atoms with Crippen LogP contribution in [0, 0.1) is 12.7 Å². The fraction of sp³-hybridized carbons (Fsp3) is 0.600. The van der Waals surface area contributed by atoms with Crippen LogP contribution in [0.5, 0.6) is 0 Å². The lowest BCUT2D eigenvalue weighted by Crippen LogP contribution is -2.43. The van der Waals surface area contributed by atoms with Crippen molar-refractivity contribution in [2.45, 2.75) is 51.7 Å². The molecule has 1 aliphatic heterocycles. The van der Waals surface area contributed by atoms with Gasteiger partial charge in [0.15, 0.2) is 0 Å². The molecule has 0 saturated carbocycles. The molecule has 2 nitrogen and oxygen atoms in total. The zero-order chi connectivity index (χ0) is 13.5. The Morgan fingerprint density at radius 1 is 1.33 bits per heavy atom. The van der Waals surface area contributed by atoms with Gasteiger partial charge in [-0.2, -0.15) is 0 Å². The minimum atomic E-state index is -0.176. The molecule has 0 spiro atoms. The van der Waals surface area contributed by atoms with E-state index in [1.54, 1.807) is 6.07 Å². The van der Waals surface area contributed by atoms with Gasteiger partial charge in [0, 0.05) is 18.1 Å². The second-order valence-electron chi connectivity index (χ2n) is 6.26. The summed E-state index contributed by atoms with van der Waals surface area (Å²) >= 11 is 0. The van der Waals surface area contributed by atoms with Crippen molar-refractivity contribution < 1.29 is 4.39 Å². The molecule has 2 rings (SSSR count). The van der Waals surface area contributed by atoms with Gasteiger partial charge in [-0.3, -0.25) is 4.90 Å². The van der Waals surface area contributed by atoms with Crippen molar-refractivity contribution in [3.05, 3.63) is 35.1 Å². The molecule has 0 radical (unpaired) electrons. The lowest BCUT2D eigenvalue weighted by atomic mass is 9.93. The highest BCUT2D eigenvalue weighted by Crippen LogP contribution is 2.37. The number of rotatable bonds is 1. The number of likely N-dealkylation sites (tertiary alicyclic amines) is 1. The van der Waals surface area contributed by atoms with E-state index in [0.29, 0.717) is 0 Å². The summed E-state index contributed by atoms with van der Waals surface area (Å²) in [6, 6.07) is 5.35. The monoisotopic (exact) mass is 250 g/mol. The summed E-state index contributed by atoms with van der Waals surface area (Å²) in [5, 5.41) is 0. The third-order valence-electron chi connectivity index (χ3n) is 3.86. The number of aryl methyl sites for hydroxylation is 1. The Morgan fingerprint density at radius 2 is 2.00 bits per heavy atom. The highest BCUT2D eigenvalue weighted by atomic mass is 19.1. The van der Waals surface area contributed by atoms with Crippen LogP contribution in [0.4, 0.5) is 4.39 Å². The number of nitrogens with two attached hydrogens (primary N) is 1. The summed E-state index contributed by atoms with van der Waals surface area (Å²) in [6.45, 7) is 9.58. The zero-order valence-electron chi connectivity index (χ0n) is 11.7. The van der Waals surface area contributed by atoms with Gasteiger partial charge in [-0.1, -0.05) is 6.07 Å². The first-order chi connectivity index (χ1) is 8.30. The first-order valence-corrected chi connectivity index (χ1v) is 6.59. The van der Waals surface area contributed by atoms with E-state index >= 15 is 0 Å². The van der Waals surface area contributed by atoms with Crippen molar-refractivity contribution in [2.75, 3.05) is 6.54 Å². The average molecular weight is 250 g/mol. The normalized spacial score (nSPS) is 25.7. The van der Waals surface area contributed by atoms with Crippen LogP contribution in [0.3, 0.4) is 0 Å². The summed E-state index contributed by atoms with van der Waals surface area (Å²) in [5.41, 5.74) is 8.51. The van der Waals surface area contributed by atoms with E-state index in [1.165, 1.54) is 6.07 Å². The molecule has 1 heterocycles. The van der Waals surface area contributed by atoms with Crippen LogP contribution < -0.4 is 5.73 Å². The van der Waals surface area contributed by atoms with E-state index in [0.717, 1.165) is 24.1 Å². The third kappa shape index (κ3) is 2.43. The maximum atomic E-state index is 13.2. The molecular weight excluding hydrogens is 227 g/mol. The number of hydrogen-bond donors (Lipinski definition) is 1. The minimum Gasteiger partial charge on any atom is -0.326 e. The Balaban J connectivity index is 2.40. The first kappa shape index (κ1) is 13.5. The molecule has 0 aromatic heterocycles. The van der Waals surface area contributed by atoms with Crippen molar-refractivity contribution in [1.29, 1.82) is 0 Å². The highest BCUT2D eigenvalue weighted by molar-refractivity contribution is 5.32. The van der Waals surface area contributed by atoms with Gasteiger partial charge in [-0.15, -0.1) is 0 Å². The minimum absolute atomic E-state index is 0.0829. The Labute approximate surface area is 109 Å². The molecule has 0 bridgehead atoms. The van der Waals surface area contributed by atoms with Crippen LogP contribution in [0.1, 0.15) is 44.4 Å². The molecule has 3 heteroatoms. The molecule has 2 N–H and O–H groups in total. The van der Waals surface area contributed by atoms with Crippen LogP contribution in [0.25, 0.3) is 0 Å². The fourth-order valence-corrected chi connectivity index (χ4v) is 2.94. The molecule has 2 atom stereocenters. The molecule has 1 aromatic rings. The van der Waals surface area contributed by atoms with Gasteiger partial charge >= 0.3 is 0 Å². The van der Waals surface area contributed by atoms with Crippen LogP contribution >= 0.6 is 0 Å². The van der Waals surface area contributed by atoms with Crippen molar-refractivity contribution in [3.63, 3.8) is 0 Å². The van der Waals surface area contributed by atoms with Gasteiger partial charge in [0.2, 0.25) is 0 Å². The third-order valence-corrected chi connectivity index (χ3v) is 3.86. The van der Waals surface area contributed by atoms with E-state index in [9.17, 15) is 4.39 Å². The molecule has 1 saturated heterocycles. The molecule has 18 heavy (non-hydrogen) atoms. The maximum Gasteiger partial charge on any atom is 0.123 e. The van der Waals surface area contributed by atoms with Crippen molar-refractivity contribution in [2.24, 2.45) is 5.73 Å². The lowest BCUT2D eigenvalue weighted by Gasteiger charge is -2.38. The van der Waals surface area contributed by atoms with Gasteiger partial charge in [0.05, 0.1) is 6.04 Å². The van der Waals surface area contributed by atoms with E-state index in [2.05, 4.69) is 25.7 Å². The summed E-state index contributed by atoms with van der Waals surface area (Å²) in [5.74, 6) is -0.176. The van der Waals surface area contributed by atoms with Crippen molar-refractivity contribution in [1.82, 2.24) is 4.90 Å². The van der Waals surface area contributed by atoms with Gasteiger partial charge in [-0.25, -0.2) is 4.39 Å². The van der Waals surface area contributed by atoms with Crippen molar-refractivity contribution >= 4 is 0 Å². The molecule has 2 unspecified atom stereocenters. The summed E-state index contributed by atoms with van der Waals surface area (Å²) in [6.07, 6.45) is 0.999. The van der Waals surface area contributed by atoms with Crippen LogP contribution in [0.15, 0.2) is 18.2 Å². The quantitative estimate of drug-likeness (QED) is 0.830. The Morgan fingerprint density at radius 3 is 2.56 bits per heavy atom. The van der Waals surface area contributed by atoms with Gasteiger partial charge < -0.3 is 5.73 Å². The first-order valence-electron chi connectivity index (χ1n) is 6.59. The number of nitrogens with zero attached hydrogens (tertiary/aromatic N) is 1. The topological polar surface area (TPSA) is 29.3 Å². The molecule has 100 valence electrons. The number of hydrogen-bond acceptors (Lipinski definition) is 2. The number of halogens is 1. The molecule has 1 aromatic carbocycles. The summed E-state index contributed by atoms with van der Waals surface area (Å²) in [7, 11) is 0. The summed E-state index contributed by atoms with van der Waals surface area (Å²) in [4.78, 5) is 2.43. The second-order valence-corrected chi connectivity index (χ2v) is 6.26. The van der Waals surface area contributed by atoms with Crippen LogP contribution in [0.2, 0.25) is 0 Å². The van der Waals surface area contributed by atoms with E-state index in [4.69, 9.17) is 5.73 Å². The molecular formula is C15H23FN2. The van der Waals surface area contributed by atoms with Gasteiger partial charge in [0.25, 0.3) is 0 Å². The molecule has 1 fully saturated rings. The van der Waals surface area contributed by atoms with Gasteiger partial charge in [0.1, 0.15) is 5.82 Å². The fourth-order valence-electron chi connectivity index (χ4n) is 2.94. The Kier molecular flexibility index (Phi) is 3.47. The largest absolute Gasteiger partial charge is 0.326 e. The molecule has 0 aliphatic carbocycles. The van der Waals surface area contributed by atoms with Crippen LogP contribution in [-0.2, 0) is 0 Å². The average Bonchev–Trinajstić information content (AvgIpc) is 2.60. The zero-order valence-corrected chi connectivity index (χ0v) is 11.7. The predicted molar refractivity (Wildman–Crippen MR) is 72.9 cm³/mol. The van der Waals surface area contributed by atoms with E-state index < -0.39 is 0 Å².